The lowest BCUT2D eigenvalue weighted by Crippen LogP contribution is -2.08. The molecule has 0 saturated carbocycles. The van der Waals surface area contributed by atoms with E-state index < -0.39 is 0 Å². The lowest BCUT2D eigenvalue weighted by atomic mass is 10.2. The second-order valence-corrected chi connectivity index (χ2v) is 2.99. The molecule has 1 fully saturated rings. The minimum absolute atomic E-state index is 0.243. The Bertz CT molecular complexity index is 134. The first-order valence-electron chi connectivity index (χ1n) is 3.37. The number of rotatable bonds is 2. The zero-order chi connectivity index (χ0) is 6.85. The van der Waals surface area contributed by atoms with Gasteiger partial charge in [-0.15, -0.1) is 0 Å². The first kappa shape index (κ1) is 6.57. The third-order valence-electron chi connectivity index (χ3n) is 1.46. The Hall–Kier alpha value is -0.550. The normalized spacial score (nSPS) is 32.2. The first-order chi connectivity index (χ1) is 4.24. The topological polar surface area (TPSA) is 26.8 Å². The fraction of sp³-hybridized carbons (Fsp3) is 0.857. The van der Waals surface area contributed by atoms with Gasteiger partial charge in [-0.3, -0.25) is 4.90 Å². The number of nitrogens with zero attached hydrogens (tertiary/aromatic N) is 2. The number of nitriles is 1. The highest BCUT2D eigenvalue weighted by Gasteiger charge is 2.33. The molecule has 1 rings (SSSR count). The van der Waals surface area contributed by atoms with E-state index in [-0.39, 0.29) is 6.04 Å². The maximum Gasteiger partial charge on any atom is 0.111 e. The Balaban J connectivity index is 2.14. The number of hydrogen-bond acceptors (Lipinski definition) is 2. The third-order valence-corrected chi connectivity index (χ3v) is 1.46. The van der Waals surface area contributed by atoms with Gasteiger partial charge in [0, 0.05) is 13.1 Å². The molecule has 2 unspecified atom stereocenters. The van der Waals surface area contributed by atoms with Gasteiger partial charge >= 0.3 is 0 Å². The summed E-state index contributed by atoms with van der Waals surface area (Å²) in [5.74, 6) is 0.698. The van der Waals surface area contributed by atoms with Gasteiger partial charge in [0.15, 0.2) is 0 Å². The van der Waals surface area contributed by atoms with E-state index in [0.29, 0.717) is 5.92 Å². The van der Waals surface area contributed by atoms with E-state index in [1.54, 1.807) is 0 Å². The molecule has 0 radical (unpaired) electrons. The van der Waals surface area contributed by atoms with E-state index in [1.165, 1.54) is 0 Å². The average molecular weight is 124 g/mol. The van der Waals surface area contributed by atoms with Crippen LogP contribution in [0.2, 0.25) is 0 Å². The summed E-state index contributed by atoms with van der Waals surface area (Å²) in [6.45, 7) is 6.42. The summed E-state index contributed by atoms with van der Waals surface area (Å²) in [5.41, 5.74) is 0. The van der Waals surface area contributed by atoms with Crippen molar-refractivity contribution in [1.82, 2.24) is 4.90 Å². The quantitative estimate of drug-likeness (QED) is 0.510. The van der Waals surface area contributed by atoms with Crippen molar-refractivity contribution >= 4 is 0 Å². The van der Waals surface area contributed by atoms with Crippen LogP contribution < -0.4 is 0 Å². The van der Waals surface area contributed by atoms with Crippen molar-refractivity contribution in [3.8, 4) is 6.07 Å². The van der Waals surface area contributed by atoms with Crippen molar-refractivity contribution in [2.45, 2.75) is 19.9 Å². The summed E-state index contributed by atoms with van der Waals surface area (Å²) in [4.78, 5) is 2.19. The van der Waals surface area contributed by atoms with Crippen LogP contribution in [0.25, 0.3) is 0 Å². The molecule has 1 aliphatic rings. The summed E-state index contributed by atoms with van der Waals surface area (Å²) in [5, 5.41) is 8.40. The maximum absolute atomic E-state index is 8.40. The highest BCUT2D eigenvalue weighted by atomic mass is 15.3. The Morgan fingerprint density at radius 3 is 2.78 bits per heavy atom. The molecule has 0 spiro atoms. The fourth-order valence-corrected chi connectivity index (χ4v) is 0.968. The number of hydrogen-bond donors (Lipinski definition) is 0. The molecule has 1 aliphatic heterocycles. The van der Waals surface area contributed by atoms with Gasteiger partial charge in [-0.2, -0.15) is 5.26 Å². The van der Waals surface area contributed by atoms with Crippen molar-refractivity contribution in [3.63, 3.8) is 0 Å². The van der Waals surface area contributed by atoms with Gasteiger partial charge in [0.2, 0.25) is 0 Å². The SMILES string of the molecule is CC(C)CN1CC1C#N. The Morgan fingerprint density at radius 1 is 1.78 bits per heavy atom. The smallest absolute Gasteiger partial charge is 0.111 e. The van der Waals surface area contributed by atoms with E-state index in [9.17, 15) is 0 Å². The van der Waals surface area contributed by atoms with Gasteiger partial charge in [0.1, 0.15) is 6.04 Å². The van der Waals surface area contributed by atoms with Crippen molar-refractivity contribution < 1.29 is 0 Å². The van der Waals surface area contributed by atoms with Gasteiger partial charge in [-0.25, -0.2) is 0 Å². The monoisotopic (exact) mass is 124 g/mol. The van der Waals surface area contributed by atoms with Crippen LogP contribution in [-0.4, -0.2) is 24.0 Å². The second kappa shape index (κ2) is 2.36. The van der Waals surface area contributed by atoms with Crippen LogP contribution in [0.4, 0.5) is 0 Å². The van der Waals surface area contributed by atoms with E-state index >= 15 is 0 Å². The maximum atomic E-state index is 8.40. The van der Waals surface area contributed by atoms with Crippen LogP contribution in [0.15, 0.2) is 0 Å². The van der Waals surface area contributed by atoms with Crippen LogP contribution in [0.3, 0.4) is 0 Å². The summed E-state index contributed by atoms with van der Waals surface area (Å²) < 4.78 is 0. The van der Waals surface area contributed by atoms with E-state index in [2.05, 4.69) is 24.8 Å². The fourth-order valence-electron chi connectivity index (χ4n) is 0.968. The Morgan fingerprint density at radius 2 is 2.44 bits per heavy atom. The average Bonchev–Trinajstić information content (AvgIpc) is 2.45. The molecule has 0 aromatic heterocycles. The standard InChI is InChI=1S/C7H12N2/c1-6(2)4-9-5-7(9)3-8/h6-7H,4-5H2,1-2H3. The van der Waals surface area contributed by atoms with Crippen LogP contribution in [0, 0.1) is 17.2 Å². The van der Waals surface area contributed by atoms with Gasteiger partial charge < -0.3 is 0 Å². The predicted octanol–water partition coefficient (Wildman–Crippen LogP) is 0.850. The van der Waals surface area contributed by atoms with Gasteiger partial charge in [0.25, 0.3) is 0 Å². The van der Waals surface area contributed by atoms with Crippen molar-refractivity contribution in [2.75, 3.05) is 13.1 Å². The zero-order valence-corrected chi connectivity index (χ0v) is 5.96. The lowest BCUT2D eigenvalue weighted by molar-refractivity contribution is 0.445. The molecule has 2 nitrogen and oxygen atoms in total. The van der Waals surface area contributed by atoms with E-state index in [1.807, 2.05) is 0 Å². The zero-order valence-electron chi connectivity index (χ0n) is 5.96. The molecule has 50 valence electrons. The molecule has 0 aromatic rings. The molecule has 1 saturated heterocycles. The molecular weight excluding hydrogens is 112 g/mol. The molecule has 2 atom stereocenters. The molecule has 0 aromatic carbocycles. The molecule has 2 heteroatoms. The first-order valence-corrected chi connectivity index (χ1v) is 3.37. The lowest BCUT2D eigenvalue weighted by Gasteiger charge is -2.02. The van der Waals surface area contributed by atoms with Gasteiger partial charge in [-0.1, -0.05) is 13.8 Å². The highest BCUT2D eigenvalue weighted by molar-refractivity contribution is 5.05. The third kappa shape index (κ3) is 1.69. The van der Waals surface area contributed by atoms with Crippen LogP contribution >= 0.6 is 0 Å². The van der Waals surface area contributed by atoms with Crippen molar-refractivity contribution in [2.24, 2.45) is 5.92 Å². The summed E-state index contributed by atoms with van der Waals surface area (Å²) in [6, 6.07) is 2.46. The van der Waals surface area contributed by atoms with Crippen LogP contribution in [0.5, 0.6) is 0 Å². The molecule has 0 aliphatic carbocycles. The highest BCUT2D eigenvalue weighted by Crippen LogP contribution is 2.17. The molecular formula is C7H12N2. The Kier molecular flexibility index (Phi) is 1.73. The van der Waals surface area contributed by atoms with Gasteiger partial charge in [0.05, 0.1) is 6.07 Å². The molecule has 9 heavy (non-hydrogen) atoms. The predicted molar refractivity (Wildman–Crippen MR) is 35.8 cm³/mol. The van der Waals surface area contributed by atoms with Crippen LogP contribution in [-0.2, 0) is 0 Å². The largest absolute Gasteiger partial charge is 0.284 e. The van der Waals surface area contributed by atoms with Gasteiger partial charge in [-0.05, 0) is 5.92 Å². The molecule has 0 N–H and O–H groups in total. The second-order valence-electron chi connectivity index (χ2n) is 2.99. The molecule has 0 bridgehead atoms. The molecule has 0 amide bonds. The van der Waals surface area contributed by atoms with Crippen molar-refractivity contribution in [1.29, 1.82) is 5.26 Å². The van der Waals surface area contributed by atoms with Crippen LogP contribution in [0.1, 0.15) is 13.8 Å². The summed E-state index contributed by atoms with van der Waals surface area (Å²) in [7, 11) is 0. The van der Waals surface area contributed by atoms with E-state index in [0.717, 1.165) is 13.1 Å². The summed E-state index contributed by atoms with van der Waals surface area (Å²) in [6.07, 6.45) is 0. The van der Waals surface area contributed by atoms with Crippen molar-refractivity contribution in [3.05, 3.63) is 0 Å². The summed E-state index contributed by atoms with van der Waals surface area (Å²) >= 11 is 0. The minimum Gasteiger partial charge on any atom is -0.284 e. The Labute approximate surface area is 56.1 Å². The molecule has 1 heterocycles. The van der Waals surface area contributed by atoms with E-state index in [4.69, 9.17) is 5.26 Å². The minimum atomic E-state index is 0.243.